The zero-order chi connectivity index (χ0) is 38.2. The Morgan fingerprint density at radius 1 is 0.414 bits per heavy atom. The van der Waals surface area contributed by atoms with Crippen LogP contribution in [-0.2, 0) is 5.41 Å². The Labute approximate surface area is 334 Å². The summed E-state index contributed by atoms with van der Waals surface area (Å²) >= 11 is 0. The fraction of sp³-hybridized carbons (Fsp3) is 0.0189. The van der Waals surface area contributed by atoms with Gasteiger partial charge in [0.25, 0.3) is 0 Å². The summed E-state index contributed by atoms with van der Waals surface area (Å²) in [6.07, 6.45) is 8.22. The molecular weight excluding hydrogens is 709 g/mol. The van der Waals surface area contributed by atoms with Crippen LogP contribution >= 0.6 is 0 Å². The first-order chi connectivity index (χ1) is 28.7. The lowest BCUT2D eigenvalue weighted by atomic mass is 9.65. The number of aromatic nitrogens is 4. The SMILES string of the molecule is C1=Cc2ccc(-c3nc(-c4ccccc4)cc(-c4cnc(-c5ccccc5)nc4)n3)cc2C2(c3ccccc31)c1ccccc1-c1c2ccc2c1oc1ccccc12. The molecule has 5 heteroatoms. The molecule has 5 nitrogen and oxygen atoms in total. The fourth-order valence-electron chi connectivity index (χ4n) is 9.27. The lowest BCUT2D eigenvalue weighted by Gasteiger charge is -2.35. The van der Waals surface area contributed by atoms with Crippen molar-refractivity contribution in [2.24, 2.45) is 0 Å². The highest BCUT2D eigenvalue weighted by Gasteiger charge is 2.49. The first-order valence-electron chi connectivity index (χ1n) is 19.5. The molecule has 1 spiro atoms. The maximum absolute atomic E-state index is 6.78. The van der Waals surface area contributed by atoms with Crippen molar-refractivity contribution in [3.8, 4) is 56.4 Å². The average molecular weight is 741 g/mol. The van der Waals surface area contributed by atoms with Crippen LogP contribution in [0.5, 0.6) is 0 Å². The zero-order valence-electron chi connectivity index (χ0n) is 31.2. The summed E-state index contributed by atoms with van der Waals surface area (Å²) in [4.78, 5) is 20.0. The Bertz CT molecular complexity index is 3280. The highest BCUT2D eigenvalue weighted by Crippen LogP contribution is 2.60. The largest absolute Gasteiger partial charge is 0.455 e. The topological polar surface area (TPSA) is 64.7 Å². The zero-order valence-corrected chi connectivity index (χ0v) is 31.2. The summed E-state index contributed by atoms with van der Waals surface area (Å²) in [6, 6.07) is 59.6. The van der Waals surface area contributed by atoms with Gasteiger partial charge >= 0.3 is 0 Å². The first-order valence-corrected chi connectivity index (χ1v) is 19.5. The van der Waals surface area contributed by atoms with Gasteiger partial charge in [0, 0.05) is 51.0 Å². The molecule has 0 radical (unpaired) electrons. The van der Waals surface area contributed by atoms with Crippen LogP contribution in [0.4, 0.5) is 0 Å². The van der Waals surface area contributed by atoms with Crippen molar-refractivity contribution in [3.63, 3.8) is 0 Å². The van der Waals surface area contributed by atoms with Gasteiger partial charge in [0.2, 0.25) is 0 Å². The van der Waals surface area contributed by atoms with Crippen molar-refractivity contribution in [2.45, 2.75) is 5.41 Å². The highest BCUT2D eigenvalue weighted by molar-refractivity contribution is 6.12. The van der Waals surface area contributed by atoms with Crippen LogP contribution < -0.4 is 0 Å². The highest BCUT2D eigenvalue weighted by atomic mass is 16.3. The van der Waals surface area contributed by atoms with E-state index >= 15 is 0 Å². The van der Waals surface area contributed by atoms with Crippen molar-refractivity contribution in [1.82, 2.24) is 19.9 Å². The van der Waals surface area contributed by atoms with Gasteiger partial charge in [-0.3, -0.25) is 0 Å². The van der Waals surface area contributed by atoms with Crippen molar-refractivity contribution >= 4 is 34.1 Å². The molecule has 270 valence electrons. The summed E-state index contributed by atoms with van der Waals surface area (Å²) in [7, 11) is 0. The van der Waals surface area contributed by atoms with Crippen LogP contribution in [0.2, 0.25) is 0 Å². The normalized spacial score (nSPS) is 14.9. The molecular formula is C53H32N4O. The number of furan rings is 1. The molecule has 1 unspecified atom stereocenters. The monoisotopic (exact) mass is 740 g/mol. The summed E-state index contributed by atoms with van der Waals surface area (Å²) in [5.74, 6) is 1.30. The van der Waals surface area contributed by atoms with Gasteiger partial charge in [-0.05, 0) is 57.1 Å². The van der Waals surface area contributed by atoms with Crippen LogP contribution in [0.1, 0.15) is 33.4 Å². The molecule has 0 aliphatic heterocycles. The fourth-order valence-corrected chi connectivity index (χ4v) is 9.27. The molecule has 12 rings (SSSR count). The minimum atomic E-state index is -0.661. The number of fused-ring (bicyclic) bond motifs is 13. The molecule has 58 heavy (non-hydrogen) atoms. The standard InChI is InChI=1S/C53H32N4O/c1-3-14-35(15-4-1)46-30-47(38-31-54-51(55-32-38)36-16-5-2-6-17-36)57-52(56-46)37-26-25-34-24-23-33-13-7-10-20-42(33)53(45(34)29-37)43-21-11-8-19-41(43)49-44(53)28-27-40-39-18-9-12-22-48(39)58-50(40)49/h1-32H. The van der Waals surface area contributed by atoms with Gasteiger partial charge in [0.1, 0.15) is 11.2 Å². The number of benzene rings is 7. The molecule has 0 saturated heterocycles. The summed E-state index contributed by atoms with van der Waals surface area (Å²) < 4.78 is 6.78. The second-order valence-corrected chi connectivity index (χ2v) is 15.0. The number of para-hydroxylation sites is 1. The number of hydrogen-bond donors (Lipinski definition) is 0. The second-order valence-electron chi connectivity index (χ2n) is 15.0. The van der Waals surface area contributed by atoms with Crippen LogP contribution in [0, 0.1) is 0 Å². The Balaban J connectivity index is 1.11. The van der Waals surface area contributed by atoms with Gasteiger partial charge in [0.15, 0.2) is 11.6 Å². The van der Waals surface area contributed by atoms with Gasteiger partial charge in [-0.1, -0.05) is 164 Å². The molecule has 0 saturated carbocycles. The molecule has 1 atom stereocenters. The van der Waals surface area contributed by atoms with Crippen molar-refractivity contribution in [1.29, 1.82) is 0 Å². The third-order valence-corrected chi connectivity index (χ3v) is 11.8. The maximum Gasteiger partial charge on any atom is 0.160 e. The Kier molecular flexibility index (Phi) is 7.07. The summed E-state index contributed by atoms with van der Waals surface area (Å²) in [5.41, 5.74) is 15.9. The van der Waals surface area contributed by atoms with Gasteiger partial charge in [0.05, 0.1) is 16.8 Å². The minimum absolute atomic E-state index is 0.627. The van der Waals surface area contributed by atoms with E-state index in [1.54, 1.807) is 0 Å². The van der Waals surface area contributed by atoms with E-state index in [2.05, 4.69) is 121 Å². The van der Waals surface area contributed by atoms with Crippen LogP contribution in [-0.4, -0.2) is 19.9 Å². The van der Waals surface area contributed by atoms with E-state index in [-0.39, 0.29) is 0 Å². The van der Waals surface area contributed by atoms with Gasteiger partial charge in [-0.25, -0.2) is 19.9 Å². The van der Waals surface area contributed by atoms with Gasteiger partial charge in [-0.15, -0.1) is 0 Å². The predicted molar refractivity (Wildman–Crippen MR) is 233 cm³/mol. The molecule has 7 aromatic carbocycles. The second kappa shape index (κ2) is 12.6. The van der Waals surface area contributed by atoms with E-state index in [1.807, 2.05) is 73.1 Å². The lowest BCUT2D eigenvalue weighted by molar-refractivity contribution is 0.669. The predicted octanol–water partition coefficient (Wildman–Crippen LogP) is 12.7. The summed E-state index contributed by atoms with van der Waals surface area (Å²) in [6.45, 7) is 0. The van der Waals surface area contributed by atoms with E-state index in [1.165, 1.54) is 33.4 Å². The number of rotatable bonds is 4. The molecule has 10 aromatic rings. The Morgan fingerprint density at radius 3 is 1.88 bits per heavy atom. The van der Waals surface area contributed by atoms with E-state index in [0.717, 1.165) is 66.7 Å². The van der Waals surface area contributed by atoms with Crippen LogP contribution in [0.15, 0.2) is 187 Å². The lowest BCUT2D eigenvalue weighted by Crippen LogP contribution is -2.30. The molecule has 0 bridgehead atoms. The molecule has 2 aliphatic rings. The quantitative estimate of drug-likeness (QED) is 0.180. The van der Waals surface area contributed by atoms with Crippen LogP contribution in [0.3, 0.4) is 0 Å². The van der Waals surface area contributed by atoms with Crippen molar-refractivity contribution in [2.75, 3.05) is 0 Å². The molecule has 0 fully saturated rings. The van der Waals surface area contributed by atoms with E-state index in [9.17, 15) is 0 Å². The Hall–Kier alpha value is -7.76. The summed E-state index contributed by atoms with van der Waals surface area (Å²) in [5, 5.41) is 2.24. The third kappa shape index (κ3) is 4.77. The number of hydrogen-bond acceptors (Lipinski definition) is 5. The maximum atomic E-state index is 6.78. The molecule has 2 aliphatic carbocycles. The smallest absolute Gasteiger partial charge is 0.160 e. The molecule has 0 amide bonds. The van der Waals surface area contributed by atoms with Crippen molar-refractivity contribution in [3.05, 3.63) is 216 Å². The van der Waals surface area contributed by atoms with E-state index in [0.29, 0.717) is 11.6 Å². The Morgan fingerprint density at radius 2 is 1.07 bits per heavy atom. The van der Waals surface area contributed by atoms with Crippen LogP contribution in [0.25, 0.3) is 90.5 Å². The molecule has 3 heterocycles. The van der Waals surface area contributed by atoms with Gasteiger partial charge < -0.3 is 4.42 Å². The average Bonchev–Trinajstić information content (AvgIpc) is 3.78. The van der Waals surface area contributed by atoms with Crippen molar-refractivity contribution < 1.29 is 4.42 Å². The first kappa shape index (κ1) is 32.5. The number of nitrogens with zero attached hydrogens (tertiary/aromatic N) is 4. The van der Waals surface area contributed by atoms with E-state index in [4.69, 9.17) is 24.4 Å². The molecule has 0 N–H and O–H groups in total. The van der Waals surface area contributed by atoms with E-state index < -0.39 is 5.41 Å². The third-order valence-electron chi connectivity index (χ3n) is 11.8. The molecule has 3 aromatic heterocycles. The minimum Gasteiger partial charge on any atom is -0.455 e. The van der Waals surface area contributed by atoms with Gasteiger partial charge in [-0.2, -0.15) is 0 Å².